The van der Waals surface area contributed by atoms with Gasteiger partial charge in [0, 0.05) is 24.3 Å². The molecule has 0 bridgehead atoms. The highest BCUT2D eigenvalue weighted by molar-refractivity contribution is 5.84. The maximum absolute atomic E-state index is 12.4. The van der Waals surface area contributed by atoms with Crippen molar-refractivity contribution in [2.45, 2.75) is 18.3 Å². The van der Waals surface area contributed by atoms with Gasteiger partial charge in [0.15, 0.2) is 0 Å². The molecule has 0 amide bonds. The number of benzene rings is 2. The molecule has 1 N–H and O–H groups in total. The topological polar surface area (TPSA) is 29.1 Å². The van der Waals surface area contributed by atoms with Gasteiger partial charge in [-0.05, 0) is 30.0 Å². The first-order valence-electron chi connectivity index (χ1n) is 8.17. The van der Waals surface area contributed by atoms with Gasteiger partial charge in [0.25, 0.3) is 0 Å². The zero-order valence-corrected chi connectivity index (χ0v) is 12.7. The summed E-state index contributed by atoms with van der Waals surface area (Å²) >= 11 is 0. The Morgan fingerprint density at radius 3 is 2.05 bits per heavy atom. The van der Waals surface area contributed by atoms with Crippen molar-refractivity contribution in [1.29, 1.82) is 0 Å². The highest BCUT2D eigenvalue weighted by atomic mass is 16.1. The second-order valence-electron chi connectivity index (χ2n) is 6.54. The van der Waals surface area contributed by atoms with Gasteiger partial charge >= 0.3 is 0 Å². The lowest BCUT2D eigenvalue weighted by Crippen LogP contribution is -2.47. The van der Waals surface area contributed by atoms with E-state index in [1.165, 1.54) is 11.1 Å². The number of rotatable bonds is 2. The van der Waals surface area contributed by atoms with Crippen LogP contribution in [0.3, 0.4) is 0 Å². The Balaban J connectivity index is 1.92. The van der Waals surface area contributed by atoms with E-state index in [1.54, 1.807) is 0 Å². The van der Waals surface area contributed by atoms with Crippen molar-refractivity contribution in [2.75, 3.05) is 13.1 Å². The summed E-state index contributed by atoms with van der Waals surface area (Å²) in [5.74, 6) is 0.963. The first kappa shape index (κ1) is 13.7. The summed E-state index contributed by atoms with van der Waals surface area (Å²) < 4.78 is 0. The van der Waals surface area contributed by atoms with Crippen LogP contribution in [0.4, 0.5) is 0 Å². The second kappa shape index (κ2) is 5.36. The molecule has 2 aromatic carbocycles. The molecular formula is C20H21NO. The Labute approximate surface area is 131 Å². The largest absolute Gasteiger partial charge is 0.316 e. The number of fused-ring (bicyclic) bond motifs is 1. The van der Waals surface area contributed by atoms with E-state index in [9.17, 15) is 4.79 Å². The third kappa shape index (κ3) is 1.94. The Hall–Kier alpha value is -1.93. The van der Waals surface area contributed by atoms with Crippen LogP contribution in [0, 0.1) is 11.8 Å². The third-order valence-corrected chi connectivity index (χ3v) is 5.60. The van der Waals surface area contributed by atoms with Crippen LogP contribution in [-0.4, -0.2) is 18.9 Å². The van der Waals surface area contributed by atoms with Gasteiger partial charge in [-0.25, -0.2) is 0 Å². The van der Waals surface area contributed by atoms with Crippen molar-refractivity contribution < 1.29 is 4.79 Å². The van der Waals surface area contributed by atoms with Crippen molar-refractivity contribution in [3.8, 4) is 0 Å². The Bertz CT molecular complexity index is 625. The van der Waals surface area contributed by atoms with Crippen molar-refractivity contribution in [3.05, 3.63) is 71.8 Å². The average Bonchev–Trinajstić information content (AvgIpc) is 3.08. The SMILES string of the molecule is O=C1CCC(c2ccccc2)(c2ccccc2)[C@H]2CNC[C@H]12. The highest BCUT2D eigenvalue weighted by Gasteiger charge is 2.52. The zero-order chi connectivity index (χ0) is 15.0. The van der Waals surface area contributed by atoms with Crippen molar-refractivity contribution in [1.82, 2.24) is 5.32 Å². The molecule has 2 fully saturated rings. The van der Waals surface area contributed by atoms with Crippen LogP contribution in [0.2, 0.25) is 0 Å². The summed E-state index contributed by atoms with van der Waals surface area (Å²) in [5, 5.41) is 3.47. The van der Waals surface area contributed by atoms with Crippen molar-refractivity contribution in [3.63, 3.8) is 0 Å². The van der Waals surface area contributed by atoms with Crippen LogP contribution in [0.5, 0.6) is 0 Å². The van der Waals surface area contributed by atoms with E-state index < -0.39 is 0 Å². The Kier molecular flexibility index (Phi) is 3.34. The number of carbonyl (C=O) groups is 1. The quantitative estimate of drug-likeness (QED) is 0.921. The number of Topliss-reactive ketones (excluding diaryl/α,β-unsaturated/α-hetero) is 1. The Morgan fingerprint density at radius 1 is 0.864 bits per heavy atom. The molecule has 1 aliphatic heterocycles. The summed E-state index contributed by atoms with van der Waals surface area (Å²) in [6.45, 7) is 1.77. The van der Waals surface area contributed by atoms with Gasteiger partial charge in [0.1, 0.15) is 5.78 Å². The van der Waals surface area contributed by atoms with E-state index in [1.807, 2.05) is 0 Å². The van der Waals surface area contributed by atoms with Gasteiger partial charge in [-0.3, -0.25) is 4.79 Å². The minimum absolute atomic E-state index is 0.0371. The number of hydrogen-bond acceptors (Lipinski definition) is 2. The van der Waals surface area contributed by atoms with E-state index in [-0.39, 0.29) is 11.3 Å². The normalized spacial score (nSPS) is 26.6. The standard InChI is InChI=1S/C20H21NO/c22-19-11-12-20(15-7-3-1-4-8-15,16-9-5-2-6-10-16)18-14-21-13-17(18)19/h1-10,17-18,21H,11-14H2/t17-,18-/m0/s1. The molecule has 2 aromatic rings. The minimum atomic E-state index is -0.0371. The smallest absolute Gasteiger partial charge is 0.137 e. The van der Waals surface area contributed by atoms with E-state index in [4.69, 9.17) is 0 Å². The molecule has 0 spiro atoms. The Morgan fingerprint density at radius 2 is 1.45 bits per heavy atom. The lowest BCUT2D eigenvalue weighted by atomic mass is 9.56. The van der Waals surface area contributed by atoms with E-state index >= 15 is 0 Å². The molecule has 2 heteroatoms. The predicted molar refractivity (Wildman–Crippen MR) is 87.8 cm³/mol. The third-order valence-electron chi connectivity index (χ3n) is 5.60. The second-order valence-corrected chi connectivity index (χ2v) is 6.54. The highest BCUT2D eigenvalue weighted by Crippen LogP contribution is 2.50. The molecule has 0 unspecified atom stereocenters. The van der Waals surface area contributed by atoms with Gasteiger partial charge in [-0.1, -0.05) is 60.7 Å². The number of carbonyl (C=O) groups excluding carboxylic acids is 1. The summed E-state index contributed by atoms with van der Waals surface area (Å²) in [6.07, 6.45) is 1.61. The van der Waals surface area contributed by atoms with E-state index in [2.05, 4.69) is 66.0 Å². The van der Waals surface area contributed by atoms with Gasteiger partial charge < -0.3 is 5.32 Å². The van der Waals surface area contributed by atoms with Gasteiger partial charge in [-0.15, -0.1) is 0 Å². The monoisotopic (exact) mass is 291 g/mol. The molecule has 2 atom stereocenters. The fourth-order valence-corrected chi connectivity index (χ4v) is 4.58. The van der Waals surface area contributed by atoms with Crippen LogP contribution in [0.25, 0.3) is 0 Å². The van der Waals surface area contributed by atoms with E-state index in [0.717, 1.165) is 19.5 Å². The predicted octanol–water partition coefficient (Wildman–Crippen LogP) is 3.17. The first-order chi connectivity index (χ1) is 10.8. The molecule has 112 valence electrons. The van der Waals surface area contributed by atoms with Crippen LogP contribution in [-0.2, 0) is 10.2 Å². The number of hydrogen-bond donors (Lipinski definition) is 1. The molecule has 4 rings (SSSR count). The molecule has 0 radical (unpaired) electrons. The summed E-state index contributed by atoms with van der Waals surface area (Å²) in [4.78, 5) is 12.4. The van der Waals surface area contributed by atoms with Gasteiger partial charge in [0.2, 0.25) is 0 Å². The average molecular weight is 291 g/mol. The van der Waals surface area contributed by atoms with Gasteiger partial charge in [0.05, 0.1) is 0 Å². The first-order valence-corrected chi connectivity index (χ1v) is 8.17. The number of ketones is 1. The molecule has 0 aromatic heterocycles. The zero-order valence-electron chi connectivity index (χ0n) is 12.7. The fraction of sp³-hybridized carbons (Fsp3) is 0.350. The van der Waals surface area contributed by atoms with Crippen molar-refractivity contribution >= 4 is 5.78 Å². The molecular weight excluding hydrogens is 270 g/mol. The molecule has 2 nitrogen and oxygen atoms in total. The molecule has 1 aliphatic carbocycles. The maximum atomic E-state index is 12.4. The fourth-order valence-electron chi connectivity index (χ4n) is 4.58. The molecule has 1 saturated carbocycles. The van der Waals surface area contributed by atoms with Gasteiger partial charge in [-0.2, -0.15) is 0 Å². The summed E-state index contributed by atoms with van der Waals surface area (Å²) in [7, 11) is 0. The molecule has 2 aliphatic rings. The van der Waals surface area contributed by atoms with Crippen LogP contribution < -0.4 is 5.32 Å². The molecule has 1 heterocycles. The van der Waals surface area contributed by atoms with Crippen LogP contribution in [0.15, 0.2) is 60.7 Å². The summed E-state index contributed by atoms with van der Waals surface area (Å²) in [6, 6.07) is 21.6. The van der Waals surface area contributed by atoms with Crippen LogP contribution in [0.1, 0.15) is 24.0 Å². The molecule has 22 heavy (non-hydrogen) atoms. The maximum Gasteiger partial charge on any atom is 0.137 e. The lowest BCUT2D eigenvalue weighted by Gasteiger charge is -2.45. The van der Waals surface area contributed by atoms with Crippen molar-refractivity contribution in [2.24, 2.45) is 11.8 Å². The minimum Gasteiger partial charge on any atom is -0.316 e. The lowest BCUT2D eigenvalue weighted by molar-refractivity contribution is -0.126. The molecule has 1 saturated heterocycles. The summed E-state index contributed by atoms with van der Waals surface area (Å²) in [5.41, 5.74) is 2.67. The van der Waals surface area contributed by atoms with E-state index in [0.29, 0.717) is 18.1 Å². The number of nitrogens with one attached hydrogen (secondary N) is 1. The van der Waals surface area contributed by atoms with Crippen LogP contribution >= 0.6 is 0 Å².